The van der Waals surface area contributed by atoms with Crippen molar-refractivity contribution in [2.75, 3.05) is 45.9 Å². The molecule has 0 radical (unpaired) electrons. The van der Waals surface area contributed by atoms with Gasteiger partial charge in [0.25, 0.3) is 0 Å². The lowest BCUT2D eigenvalue weighted by Crippen LogP contribution is -2.37. The van der Waals surface area contributed by atoms with Crippen molar-refractivity contribution in [3.05, 3.63) is 0 Å². The van der Waals surface area contributed by atoms with Crippen LogP contribution in [0.5, 0.6) is 0 Å². The summed E-state index contributed by atoms with van der Waals surface area (Å²) in [7, 11) is 0. The van der Waals surface area contributed by atoms with Gasteiger partial charge in [-0.25, -0.2) is 0 Å². The van der Waals surface area contributed by atoms with Gasteiger partial charge in [-0.05, 0) is 77.7 Å². The molecule has 18 heavy (non-hydrogen) atoms. The number of nitrogens with zero attached hydrogens (tertiary/aromatic N) is 1. The third kappa shape index (κ3) is 7.34. The molecule has 1 rings (SSSR count). The summed E-state index contributed by atoms with van der Waals surface area (Å²) in [6, 6.07) is 0. The molecule has 0 bridgehead atoms. The molecule has 3 nitrogen and oxygen atoms in total. The lowest BCUT2D eigenvalue weighted by Gasteiger charge is -2.32. The Morgan fingerprint density at radius 2 is 1.94 bits per heavy atom. The average Bonchev–Trinajstić information content (AvgIpc) is 2.40. The first-order valence-electron chi connectivity index (χ1n) is 7.87. The molecule has 0 aliphatic carbocycles. The topological polar surface area (TPSA) is 24.5 Å². The van der Waals surface area contributed by atoms with E-state index in [1.54, 1.807) is 0 Å². The summed E-state index contributed by atoms with van der Waals surface area (Å²) < 4.78 is 5.37. The van der Waals surface area contributed by atoms with Crippen LogP contribution >= 0.6 is 0 Å². The zero-order chi connectivity index (χ0) is 13.1. The molecule has 1 heterocycles. The molecule has 0 aromatic carbocycles. The molecule has 1 N–H and O–H groups in total. The van der Waals surface area contributed by atoms with Crippen molar-refractivity contribution in [2.45, 2.75) is 46.0 Å². The van der Waals surface area contributed by atoms with Crippen LogP contribution in [-0.4, -0.2) is 50.8 Å². The van der Waals surface area contributed by atoms with E-state index in [0.29, 0.717) is 0 Å². The number of ether oxygens (including phenoxy) is 1. The number of piperidine rings is 1. The zero-order valence-electron chi connectivity index (χ0n) is 12.4. The van der Waals surface area contributed by atoms with Crippen LogP contribution in [0.1, 0.15) is 46.0 Å². The SMILES string of the molecule is CCCNCC1CCN(CCCCOCC)CC1. The predicted molar refractivity (Wildman–Crippen MR) is 78.1 cm³/mol. The van der Waals surface area contributed by atoms with Gasteiger partial charge in [0.1, 0.15) is 0 Å². The molecule has 0 aromatic heterocycles. The van der Waals surface area contributed by atoms with Gasteiger partial charge < -0.3 is 15.0 Å². The van der Waals surface area contributed by atoms with Crippen LogP contribution in [0.3, 0.4) is 0 Å². The molecule has 1 saturated heterocycles. The molecule has 3 heteroatoms. The third-order valence-corrected chi connectivity index (χ3v) is 3.78. The summed E-state index contributed by atoms with van der Waals surface area (Å²) in [4.78, 5) is 2.63. The summed E-state index contributed by atoms with van der Waals surface area (Å²) in [6.07, 6.45) is 6.51. The summed E-state index contributed by atoms with van der Waals surface area (Å²) >= 11 is 0. The van der Waals surface area contributed by atoms with E-state index in [1.807, 2.05) is 0 Å². The first-order chi connectivity index (χ1) is 8.86. The van der Waals surface area contributed by atoms with Crippen molar-refractivity contribution in [1.29, 1.82) is 0 Å². The maximum absolute atomic E-state index is 5.37. The highest BCUT2D eigenvalue weighted by Gasteiger charge is 2.17. The molecule has 0 atom stereocenters. The van der Waals surface area contributed by atoms with E-state index in [-0.39, 0.29) is 0 Å². The van der Waals surface area contributed by atoms with Gasteiger partial charge >= 0.3 is 0 Å². The number of hydrogen-bond donors (Lipinski definition) is 1. The Labute approximate surface area is 113 Å². The molecular formula is C15H32N2O. The van der Waals surface area contributed by atoms with Crippen LogP contribution in [0.2, 0.25) is 0 Å². The van der Waals surface area contributed by atoms with E-state index < -0.39 is 0 Å². The van der Waals surface area contributed by atoms with Gasteiger partial charge in [0.05, 0.1) is 0 Å². The minimum atomic E-state index is 0.857. The van der Waals surface area contributed by atoms with Crippen molar-refractivity contribution in [1.82, 2.24) is 10.2 Å². The Morgan fingerprint density at radius 3 is 2.61 bits per heavy atom. The van der Waals surface area contributed by atoms with Crippen molar-refractivity contribution >= 4 is 0 Å². The van der Waals surface area contributed by atoms with Crippen LogP contribution < -0.4 is 5.32 Å². The standard InChI is InChI=1S/C15H32N2O/c1-3-9-16-14-15-7-11-17(12-8-15)10-5-6-13-18-4-2/h15-16H,3-14H2,1-2H3. The molecule has 108 valence electrons. The van der Waals surface area contributed by atoms with Gasteiger partial charge in [-0.3, -0.25) is 0 Å². The number of likely N-dealkylation sites (tertiary alicyclic amines) is 1. The summed E-state index contributed by atoms with van der Waals surface area (Å²) in [5.74, 6) is 0.913. The fourth-order valence-corrected chi connectivity index (χ4v) is 2.58. The van der Waals surface area contributed by atoms with Crippen LogP contribution in [0.4, 0.5) is 0 Å². The number of hydrogen-bond acceptors (Lipinski definition) is 3. The van der Waals surface area contributed by atoms with Gasteiger partial charge in [0, 0.05) is 13.2 Å². The molecule has 0 unspecified atom stereocenters. The minimum absolute atomic E-state index is 0.857. The van der Waals surface area contributed by atoms with Gasteiger partial charge in [0.15, 0.2) is 0 Å². The summed E-state index contributed by atoms with van der Waals surface area (Å²) in [5, 5.41) is 3.55. The Morgan fingerprint density at radius 1 is 1.17 bits per heavy atom. The zero-order valence-corrected chi connectivity index (χ0v) is 12.4. The monoisotopic (exact) mass is 256 g/mol. The Balaban J connectivity index is 1.94. The van der Waals surface area contributed by atoms with Crippen molar-refractivity contribution in [3.63, 3.8) is 0 Å². The Bertz CT molecular complexity index is 179. The maximum Gasteiger partial charge on any atom is 0.0466 e. The van der Waals surface area contributed by atoms with E-state index in [9.17, 15) is 0 Å². The van der Waals surface area contributed by atoms with E-state index in [2.05, 4.69) is 24.1 Å². The lowest BCUT2D eigenvalue weighted by atomic mass is 9.96. The second kappa shape index (κ2) is 10.8. The largest absolute Gasteiger partial charge is 0.382 e. The van der Waals surface area contributed by atoms with Crippen LogP contribution in [0, 0.1) is 5.92 Å². The smallest absolute Gasteiger partial charge is 0.0466 e. The molecule has 0 aromatic rings. The van der Waals surface area contributed by atoms with Gasteiger partial charge in [-0.1, -0.05) is 6.92 Å². The average molecular weight is 256 g/mol. The van der Waals surface area contributed by atoms with Crippen LogP contribution in [0.25, 0.3) is 0 Å². The second-order valence-corrected chi connectivity index (χ2v) is 5.39. The van der Waals surface area contributed by atoms with Crippen LogP contribution in [0.15, 0.2) is 0 Å². The molecular weight excluding hydrogens is 224 g/mol. The Hall–Kier alpha value is -0.120. The summed E-state index contributed by atoms with van der Waals surface area (Å²) in [6.45, 7) is 12.4. The fourth-order valence-electron chi connectivity index (χ4n) is 2.58. The number of nitrogens with one attached hydrogen (secondary N) is 1. The Kier molecular flexibility index (Phi) is 9.54. The van der Waals surface area contributed by atoms with Crippen molar-refractivity contribution < 1.29 is 4.74 Å². The second-order valence-electron chi connectivity index (χ2n) is 5.39. The lowest BCUT2D eigenvalue weighted by molar-refractivity contribution is 0.133. The maximum atomic E-state index is 5.37. The molecule has 1 fully saturated rings. The molecule has 1 aliphatic heterocycles. The van der Waals surface area contributed by atoms with Gasteiger partial charge in [-0.15, -0.1) is 0 Å². The molecule has 1 aliphatic rings. The highest BCUT2D eigenvalue weighted by Crippen LogP contribution is 2.16. The molecule has 0 saturated carbocycles. The van der Waals surface area contributed by atoms with Crippen molar-refractivity contribution in [2.24, 2.45) is 5.92 Å². The first-order valence-corrected chi connectivity index (χ1v) is 7.87. The third-order valence-electron chi connectivity index (χ3n) is 3.78. The van der Waals surface area contributed by atoms with E-state index in [4.69, 9.17) is 4.74 Å². The first kappa shape index (κ1) is 15.9. The molecule has 0 amide bonds. The quantitative estimate of drug-likeness (QED) is 0.608. The number of rotatable bonds is 10. The fraction of sp³-hybridized carbons (Fsp3) is 1.00. The normalized spacial score (nSPS) is 18.3. The highest BCUT2D eigenvalue weighted by atomic mass is 16.5. The molecule has 0 spiro atoms. The van der Waals surface area contributed by atoms with E-state index in [1.165, 1.54) is 64.8 Å². The van der Waals surface area contributed by atoms with E-state index in [0.717, 1.165) is 19.1 Å². The predicted octanol–water partition coefficient (Wildman–Crippen LogP) is 2.51. The van der Waals surface area contributed by atoms with E-state index >= 15 is 0 Å². The van der Waals surface area contributed by atoms with Crippen LogP contribution in [-0.2, 0) is 4.74 Å². The van der Waals surface area contributed by atoms with Gasteiger partial charge in [-0.2, -0.15) is 0 Å². The highest BCUT2D eigenvalue weighted by molar-refractivity contribution is 4.73. The van der Waals surface area contributed by atoms with Crippen molar-refractivity contribution in [3.8, 4) is 0 Å². The minimum Gasteiger partial charge on any atom is -0.382 e. The summed E-state index contributed by atoms with van der Waals surface area (Å²) in [5.41, 5.74) is 0. The number of unbranched alkanes of at least 4 members (excludes halogenated alkanes) is 1. The van der Waals surface area contributed by atoms with Gasteiger partial charge in [0.2, 0.25) is 0 Å².